The van der Waals surface area contributed by atoms with Crippen LogP contribution in [0.15, 0.2) is 18.2 Å². The Morgan fingerprint density at radius 3 is 2.86 bits per heavy atom. The number of amides is 1. The predicted molar refractivity (Wildman–Crippen MR) is 84.6 cm³/mol. The molecule has 0 bridgehead atoms. The first-order chi connectivity index (χ1) is 10.2. The van der Waals surface area contributed by atoms with E-state index in [-0.39, 0.29) is 5.91 Å². The van der Waals surface area contributed by atoms with Crippen LogP contribution in [0.5, 0.6) is 0 Å². The molecule has 1 heterocycles. The van der Waals surface area contributed by atoms with Crippen LogP contribution in [0.3, 0.4) is 0 Å². The van der Waals surface area contributed by atoms with E-state index < -0.39 is 0 Å². The average molecular weight is 292 g/mol. The molecule has 0 aromatic heterocycles. The standard InChI is InChI=1S/C15H24N4O2/c1-2-17-15(20)13-4-3-12(16)11-14(13)18-5-6-19-7-9-21-10-8-19/h3-4,11,18H,2,5-10,16H2,1H3,(H,17,20). The molecular weight excluding hydrogens is 268 g/mol. The van der Waals surface area contributed by atoms with Crippen molar-refractivity contribution in [1.29, 1.82) is 0 Å². The molecule has 1 fully saturated rings. The Labute approximate surface area is 125 Å². The third-order valence-corrected chi connectivity index (χ3v) is 3.47. The summed E-state index contributed by atoms with van der Waals surface area (Å²) < 4.78 is 5.33. The van der Waals surface area contributed by atoms with Gasteiger partial charge in [-0.1, -0.05) is 0 Å². The maximum Gasteiger partial charge on any atom is 0.253 e. The van der Waals surface area contributed by atoms with Gasteiger partial charge in [0, 0.05) is 44.1 Å². The molecule has 0 saturated carbocycles. The van der Waals surface area contributed by atoms with Crippen LogP contribution in [0.4, 0.5) is 11.4 Å². The lowest BCUT2D eigenvalue weighted by atomic mass is 10.1. The summed E-state index contributed by atoms with van der Waals surface area (Å²) in [5.74, 6) is -0.0774. The van der Waals surface area contributed by atoms with Crippen molar-refractivity contribution in [1.82, 2.24) is 10.2 Å². The smallest absolute Gasteiger partial charge is 0.253 e. The zero-order chi connectivity index (χ0) is 15.1. The van der Waals surface area contributed by atoms with E-state index in [4.69, 9.17) is 10.5 Å². The van der Waals surface area contributed by atoms with Gasteiger partial charge in [-0.2, -0.15) is 0 Å². The molecule has 0 atom stereocenters. The van der Waals surface area contributed by atoms with Crippen LogP contribution < -0.4 is 16.4 Å². The van der Waals surface area contributed by atoms with Crippen LogP contribution in [0.2, 0.25) is 0 Å². The van der Waals surface area contributed by atoms with Gasteiger partial charge in [0.2, 0.25) is 0 Å². The van der Waals surface area contributed by atoms with E-state index in [0.29, 0.717) is 17.8 Å². The number of nitrogen functional groups attached to an aromatic ring is 1. The monoisotopic (exact) mass is 292 g/mol. The van der Waals surface area contributed by atoms with Crippen LogP contribution in [-0.2, 0) is 4.74 Å². The Balaban J connectivity index is 1.94. The van der Waals surface area contributed by atoms with Gasteiger partial charge in [-0.05, 0) is 25.1 Å². The SMILES string of the molecule is CCNC(=O)c1ccc(N)cc1NCCN1CCOCC1. The minimum absolute atomic E-state index is 0.0774. The molecule has 1 aromatic carbocycles. The molecule has 1 aliphatic rings. The fourth-order valence-electron chi connectivity index (χ4n) is 2.34. The second kappa shape index (κ2) is 7.85. The number of nitrogens with two attached hydrogens (primary N) is 1. The van der Waals surface area contributed by atoms with Crippen LogP contribution in [-0.4, -0.2) is 56.7 Å². The van der Waals surface area contributed by atoms with Crippen molar-refractivity contribution in [3.05, 3.63) is 23.8 Å². The van der Waals surface area contributed by atoms with Gasteiger partial charge in [0.05, 0.1) is 18.8 Å². The molecule has 0 aliphatic carbocycles. The van der Waals surface area contributed by atoms with Gasteiger partial charge >= 0.3 is 0 Å². The molecule has 116 valence electrons. The first kappa shape index (κ1) is 15.6. The molecule has 1 saturated heterocycles. The van der Waals surface area contributed by atoms with Gasteiger partial charge in [0.1, 0.15) is 0 Å². The third kappa shape index (κ3) is 4.61. The van der Waals surface area contributed by atoms with Crippen molar-refractivity contribution >= 4 is 17.3 Å². The number of rotatable bonds is 6. The zero-order valence-corrected chi connectivity index (χ0v) is 12.5. The number of carbonyl (C=O) groups is 1. The molecule has 21 heavy (non-hydrogen) atoms. The molecule has 0 radical (unpaired) electrons. The summed E-state index contributed by atoms with van der Waals surface area (Å²) in [5, 5.41) is 6.13. The fourth-order valence-corrected chi connectivity index (χ4v) is 2.34. The number of nitrogens with one attached hydrogen (secondary N) is 2. The molecule has 1 amide bonds. The van der Waals surface area contributed by atoms with Crippen molar-refractivity contribution in [3.63, 3.8) is 0 Å². The molecule has 6 heteroatoms. The number of anilines is 2. The van der Waals surface area contributed by atoms with Crippen molar-refractivity contribution in [3.8, 4) is 0 Å². The largest absolute Gasteiger partial charge is 0.399 e. The van der Waals surface area contributed by atoms with E-state index in [0.717, 1.165) is 45.1 Å². The average Bonchev–Trinajstić information content (AvgIpc) is 2.49. The number of morpholine rings is 1. The molecule has 0 spiro atoms. The van der Waals surface area contributed by atoms with Crippen LogP contribution in [0, 0.1) is 0 Å². The number of hydrogen-bond acceptors (Lipinski definition) is 5. The van der Waals surface area contributed by atoms with Crippen LogP contribution >= 0.6 is 0 Å². The number of carbonyl (C=O) groups excluding carboxylic acids is 1. The van der Waals surface area contributed by atoms with Gasteiger partial charge < -0.3 is 21.1 Å². The van der Waals surface area contributed by atoms with Crippen LogP contribution in [0.1, 0.15) is 17.3 Å². The summed E-state index contributed by atoms with van der Waals surface area (Å²) in [5.41, 5.74) is 7.89. The van der Waals surface area contributed by atoms with E-state index in [2.05, 4.69) is 15.5 Å². The fraction of sp³-hybridized carbons (Fsp3) is 0.533. The topological polar surface area (TPSA) is 79.6 Å². The quantitative estimate of drug-likeness (QED) is 0.675. The molecule has 2 rings (SSSR count). The summed E-state index contributed by atoms with van der Waals surface area (Å²) in [4.78, 5) is 14.4. The molecule has 1 aromatic rings. The second-order valence-corrected chi connectivity index (χ2v) is 5.05. The number of ether oxygens (including phenoxy) is 1. The summed E-state index contributed by atoms with van der Waals surface area (Å²) in [6.07, 6.45) is 0. The van der Waals surface area contributed by atoms with Crippen molar-refractivity contribution in [2.45, 2.75) is 6.92 Å². The van der Waals surface area contributed by atoms with Gasteiger partial charge in [-0.15, -0.1) is 0 Å². The number of nitrogens with zero attached hydrogens (tertiary/aromatic N) is 1. The third-order valence-electron chi connectivity index (χ3n) is 3.47. The van der Waals surface area contributed by atoms with E-state index in [1.54, 1.807) is 12.1 Å². The molecular formula is C15H24N4O2. The lowest BCUT2D eigenvalue weighted by Gasteiger charge is -2.26. The summed E-state index contributed by atoms with van der Waals surface area (Å²) in [7, 11) is 0. The van der Waals surface area contributed by atoms with Gasteiger partial charge in [0.15, 0.2) is 0 Å². The highest BCUT2D eigenvalue weighted by Crippen LogP contribution is 2.19. The van der Waals surface area contributed by atoms with Crippen molar-refractivity contribution < 1.29 is 9.53 Å². The van der Waals surface area contributed by atoms with E-state index in [1.165, 1.54) is 0 Å². The number of hydrogen-bond donors (Lipinski definition) is 3. The molecule has 4 N–H and O–H groups in total. The first-order valence-electron chi connectivity index (χ1n) is 7.42. The van der Waals surface area contributed by atoms with Gasteiger partial charge in [-0.3, -0.25) is 9.69 Å². The Bertz CT molecular complexity index is 473. The zero-order valence-electron chi connectivity index (χ0n) is 12.5. The Hall–Kier alpha value is -1.79. The van der Waals surface area contributed by atoms with Crippen molar-refractivity contribution in [2.75, 3.05) is 57.0 Å². The summed E-state index contributed by atoms with van der Waals surface area (Å²) in [6.45, 7) is 7.72. The lowest BCUT2D eigenvalue weighted by molar-refractivity contribution is 0.0398. The normalized spacial score (nSPS) is 15.7. The van der Waals surface area contributed by atoms with Crippen LogP contribution in [0.25, 0.3) is 0 Å². The highest BCUT2D eigenvalue weighted by atomic mass is 16.5. The minimum Gasteiger partial charge on any atom is -0.399 e. The number of benzene rings is 1. The highest BCUT2D eigenvalue weighted by Gasteiger charge is 2.12. The van der Waals surface area contributed by atoms with Gasteiger partial charge in [0.25, 0.3) is 5.91 Å². The highest BCUT2D eigenvalue weighted by molar-refractivity contribution is 6.00. The second-order valence-electron chi connectivity index (χ2n) is 5.05. The maximum absolute atomic E-state index is 12.0. The molecule has 0 unspecified atom stereocenters. The summed E-state index contributed by atoms with van der Waals surface area (Å²) >= 11 is 0. The molecule has 6 nitrogen and oxygen atoms in total. The lowest BCUT2D eigenvalue weighted by Crippen LogP contribution is -2.39. The van der Waals surface area contributed by atoms with E-state index >= 15 is 0 Å². The molecule has 1 aliphatic heterocycles. The summed E-state index contributed by atoms with van der Waals surface area (Å²) in [6, 6.07) is 5.32. The minimum atomic E-state index is -0.0774. The van der Waals surface area contributed by atoms with E-state index in [9.17, 15) is 4.79 Å². The maximum atomic E-state index is 12.0. The van der Waals surface area contributed by atoms with E-state index in [1.807, 2.05) is 13.0 Å². The van der Waals surface area contributed by atoms with Gasteiger partial charge in [-0.25, -0.2) is 0 Å². The Morgan fingerprint density at radius 1 is 1.38 bits per heavy atom. The predicted octanol–water partition coefficient (Wildman–Crippen LogP) is 0.763. The Morgan fingerprint density at radius 2 is 2.14 bits per heavy atom. The Kier molecular flexibility index (Phi) is 5.83. The van der Waals surface area contributed by atoms with Crippen molar-refractivity contribution in [2.24, 2.45) is 0 Å². The first-order valence-corrected chi connectivity index (χ1v) is 7.42.